The monoisotopic (exact) mass is 826 g/mol. The largest absolute Gasteiger partial charge is 0.444 e. The summed E-state index contributed by atoms with van der Waals surface area (Å²) in [5.41, 5.74) is 8.62. The van der Waals surface area contributed by atoms with Crippen LogP contribution in [0.2, 0.25) is 0 Å². The average Bonchev–Trinajstić information content (AvgIpc) is 3.17. The highest BCUT2D eigenvalue weighted by Crippen LogP contribution is 2.66. The Kier molecular flexibility index (Phi) is 12.0. The van der Waals surface area contributed by atoms with Crippen LogP contribution in [0, 0.1) is 28.1 Å². The number of fused-ring (bicyclic) bond motifs is 6. The summed E-state index contributed by atoms with van der Waals surface area (Å²) in [6.45, 7) is 21.8. The molecule has 2 saturated carbocycles. The first-order chi connectivity index (χ1) is 27.8. The summed E-state index contributed by atoms with van der Waals surface area (Å²) in [4.78, 5) is 70.5. The normalized spacial score (nSPS) is 30.6. The van der Waals surface area contributed by atoms with Crippen molar-refractivity contribution in [3.05, 3.63) is 58.7 Å². The molecule has 60 heavy (non-hydrogen) atoms. The Bertz CT molecular complexity index is 2060. The van der Waals surface area contributed by atoms with Crippen LogP contribution in [-0.4, -0.2) is 59.4 Å². The van der Waals surface area contributed by atoms with Crippen molar-refractivity contribution >= 4 is 41.1 Å². The van der Waals surface area contributed by atoms with Crippen LogP contribution in [0.4, 0.5) is 16.2 Å². The summed E-state index contributed by atoms with van der Waals surface area (Å²) >= 11 is 0. The van der Waals surface area contributed by atoms with Crippen molar-refractivity contribution in [2.75, 3.05) is 17.7 Å². The minimum absolute atomic E-state index is 0.00367. The van der Waals surface area contributed by atoms with Crippen LogP contribution in [0.3, 0.4) is 0 Å². The first-order valence-electron chi connectivity index (χ1n) is 22.3. The van der Waals surface area contributed by atoms with Crippen LogP contribution in [0.15, 0.2) is 36.4 Å². The number of hydrogen-bond acceptors (Lipinski definition) is 7. The van der Waals surface area contributed by atoms with E-state index in [1.165, 1.54) is 16.0 Å². The molecular formula is C49H71N5O6. The van der Waals surface area contributed by atoms with Gasteiger partial charge in [0, 0.05) is 18.4 Å². The van der Waals surface area contributed by atoms with Gasteiger partial charge < -0.3 is 21.1 Å². The molecule has 4 aliphatic carbocycles. The minimum Gasteiger partial charge on any atom is -0.444 e. The summed E-state index contributed by atoms with van der Waals surface area (Å²) in [5, 5.41) is 8.69. The van der Waals surface area contributed by atoms with E-state index in [1.807, 2.05) is 46.8 Å². The molecule has 0 aliphatic heterocycles. The summed E-state index contributed by atoms with van der Waals surface area (Å²) < 4.78 is 5.54. The average molecular weight is 826 g/mol. The Morgan fingerprint density at radius 2 is 1.37 bits per heavy atom. The minimum atomic E-state index is -0.828. The number of nitrogens with one attached hydrogen (secondary N) is 3. The fraction of sp³-hybridized carbons (Fsp3) is 0.653. The van der Waals surface area contributed by atoms with Gasteiger partial charge in [-0.15, -0.1) is 0 Å². The summed E-state index contributed by atoms with van der Waals surface area (Å²) in [6.07, 6.45) is 7.55. The third kappa shape index (κ3) is 7.66. The van der Waals surface area contributed by atoms with Crippen LogP contribution in [0.1, 0.15) is 150 Å². The summed E-state index contributed by atoms with van der Waals surface area (Å²) in [7, 11) is 1.71. The molecule has 0 heterocycles. The molecule has 0 saturated heterocycles. The highest BCUT2D eigenvalue weighted by molar-refractivity contribution is 6.01. The molecule has 2 aromatic carbocycles. The number of carbonyl (C=O) groups is 5. The van der Waals surface area contributed by atoms with Crippen molar-refractivity contribution in [1.82, 2.24) is 10.2 Å². The van der Waals surface area contributed by atoms with Gasteiger partial charge in [-0.3, -0.25) is 29.4 Å². The molecule has 11 heteroatoms. The van der Waals surface area contributed by atoms with Gasteiger partial charge in [-0.05, 0) is 154 Å². The summed E-state index contributed by atoms with van der Waals surface area (Å²) in [6, 6.07) is 10.7. The second kappa shape index (κ2) is 15.9. The van der Waals surface area contributed by atoms with E-state index >= 15 is 9.59 Å². The van der Waals surface area contributed by atoms with Gasteiger partial charge in [0.2, 0.25) is 23.6 Å². The molecule has 0 aromatic heterocycles. The van der Waals surface area contributed by atoms with Gasteiger partial charge in [0.1, 0.15) is 11.6 Å². The third-order valence-corrected chi connectivity index (χ3v) is 16.0. The molecule has 4 aliphatic rings. The lowest BCUT2D eigenvalue weighted by molar-refractivity contribution is -0.171. The van der Waals surface area contributed by atoms with Crippen molar-refractivity contribution in [2.24, 2.45) is 33.8 Å². The maximum absolute atomic E-state index is 15.3. The van der Waals surface area contributed by atoms with Crippen LogP contribution < -0.4 is 21.7 Å². The number of carbonyl (C=O) groups excluding carboxylic acids is 5. The lowest BCUT2D eigenvalue weighted by atomic mass is 9.41. The Balaban J connectivity index is 1.24. The molecule has 0 bridgehead atoms. The van der Waals surface area contributed by atoms with Gasteiger partial charge >= 0.3 is 6.09 Å². The van der Waals surface area contributed by atoms with Crippen LogP contribution in [0.5, 0.6) is 0 Å². The van der Waals surface area contributed by atoms with Crippen molar-refractivity contribution in [3.63, 3.8) is 0 Å². The van der Waals surface area contributed by atoms with Gasteiger partial charge in [-0.2, -0.15) is 0 Å². The number of nitrogens with zero attached hydrogens (tertiary/aromatic N) is 1. The molecular weight excluding hydrogens is 755 g/mol. The van der Waals surface area contributed by atoms with E-state index < -0.39 is 45.4 Å². The molecule has 6 rings (SSSR count). The van der Waals surface area contributed by atoms with Gasteiger partial charge in [-0.1, -0.05) is 73.4 Å². The van der Waals surface area contributed by atoms with E-state index in [-0.39, 0.29) is 40.9 Å². The number of ether oxygens (including phenoxy) is 1. The number of rotatable bonds is 8. The zero-order chi connectivity index (χ0) is 44.4. The number of nitrogens with two attached hydrogens (primary N) is 1. The van der Waals surface area contributed by atoms with Crippen LogP contribution >= 0.6 is 0 Å². The fourth-order valence-corrected chi connectivity index (χ4v) is 12.0. The maximum atomic E-state index is 15.3. The van der Waals surface area contributed by atoms with Gasteiger partial charge in [0.05, 0.1) is 16.9 Å². The second-order valence-electron chi connectivity index (χ2n) is 21.2. The van der Waals surface area contributed by atoms with E-state index in [0.29, 0.717) is 24.2 Å². The number of imide groups is 1. The molecule has 5 N–H and O–H groups in total. The Morgan fingerprint density at radius 1 is 0.767 bits per heavy atom. The Labute approximate surface area is 358 Å². The van der Waals surface area contributed by atoms with Crippen molar-refractivity contribution < 1.29 is 28.7 Å². The molecule has 0 spiro atoms. The van der Waals surface area contributed by atoms with E-state index in [0.717, 1.165) is 62.5 Å². The topological polar surface area (TPSA) is 160 Å². The third-order valence-electron chi connectivity index (χ3n) is 16.0. The van der Waals surface area contributed by atoms with Gasteiger partial charge in [0.15, 0.2) is 0 Å². The highest BCUT2D eigenvalue weighted by Gasteiger charge is 2.65. The molecule has 0 radical (unpaired) electrons. The van der Waals surface area contributed by atoms with Crippen molar-refractivity contribution in [3.8, 4) is 0 Å². The molecule has 11 nitrogen and oxygen atoms in total. The molecule has 328 valence electrons. The Morgan fingerprint density at radius 3 is 2.00 bits per heavy atom. The van der Waals surface area contributed by atoms with E-state index in [2.05, 4.69) is 74.8 Å². The number of anilines is 2. The predicted octanol–water partition coefficient (Wildman–Crippen LogP) is 8.56. The van der Waals surface area contributed by atoms with Crippen LogP contribution in [0.25, 0.3) is 0 Å². The van der Waals surface area contributed by atoms with Gasteiger partial charge in [-0.25, -0.2) is 4.79 Å². The quantitative estimate of drug-likeness (QED) is 0.194. The molecule has 8 atom stereocenters. The zero-order valence-electron chi connectivity index (χ0n) is 38.3. The molecule has 5 amide bonds. The Hall–Kier alpha value is -4.25. The summed E-state index contributed by atoms with van der Waals surface area (Å²) in [5.74, 6) is -0.984. The zero-order valence-corrected chi connectivity index (χ0v) is 38.3. The maximum Gasteiger partial charge on any atom is 0.412 e. The number of hydrogen-bond donors (Lipinski definition) is 4. The lowest BCUT2D eigenvalue weighted by Gasteiger charge is -2.63. The van der Waals surface area contributed by atoms with E-state index in [9.17, 15) is 14.4 Å². The van der Waals surface area contributed by atoms with E-state index in [4.69, 9.17) is 10.5 Å². The fourth-order valence-electron chi connectivity index (χ4n) is 12.0. The van der Waals surface area contributed by atoms with Crippen LogP contribution in [-0.2, 0) is 47.6 Å². The second-order valence-corrected chi connectivity index (χ2v) is 21.2. The molecule has 0 unspecified atom stereocenters. The highest BCUT2D eigenvalue weighted by atomic mass is 16.6. The van der Waals surface area contributed by atoms with Crippen molar-refractivity contribution in [2.45, 2.75) is 169 Å². The first kappa shape index (κ1) is 45.3. The molecule has 2 aromatic rings. The van der Waals surface area contributed by atoms with E-state index in [1.54, 1.807) is 14.0 Å². The number of amides is 5. The number of benzene rings is 2. The smallest absolute Gasteiger partial charge is 0.412 e. The number of aryl methyl sites for hydroxylation is 2. The lowest BCUT2D eigenvalue weighted by Crippen LogP contribution is -2.64. The first-order valence-corrected chi connectivity index (χ1v) is 22.3. The standard InChI is InChI=1S/C49H71N5O6/c1-29(2)38(50)40(56)51-30(3)39(55)52-33-18-16-32-21-26-49(11)47(9,36(32)28-33)24-14-25-48(49,10)42(58)54(12)41(57)46(8)23-13-22-45(7)35-27-34(53-43(59)60-44(4,5)6)19-15-31(35)17-20-37(45)46/h15-16,18-19,27-30,37-38H,13-14,17,20-26,50H2,1-12H3,(H,51,56)(H,52,55)(H,53,59)/t30-,37+,38-,45+,46-,47+,48+,49+/m0/s1. The van der Waals surface area contributed by atoms with Crippen molar-refractivity contribution in [1.29, 1.82) is 0 Å². The van der Waals surface area contributed by atoms with Gasteiger partial charge in [0.25, 0.3) is 0 Å². The predicted molar refractivity (Wildman–Crippen MR) is 236 cm³/mol. The molecule has 2 fully saturated rings. The SMILES string of the molecule is CC(C)[C@H](N)C(=O)N[C@@H](C)C(=O)Nc1ccc2c(c1)[C@@]1(C)CCC[C@](C)(C(=O)N(C)C(=O)[C@@]3(C)CCC[C@]4(C)c5cc(NC(=O)OC(C)(C)C)ccc5CC[C@@H]34)[C@]1(C)CC2.